The van der Waals surface area contributed by atoms with Crippen LogP contribution in [0, 0.1) is 5.92 Å². The zero-order valence-electron chi connectivity index (χ0n) is 12.7. The highest BCUT2D eigenvalue weighted by atomic mass is 35.5. The maximum Gasteiger partial charge on any atom is 0.321 e. The molecule has 134 valence electrons. The number of nitrogens with zero attached hydrogens (tertiary/aromatic N) is 1. The van der Waals surface area contributed by atoms with Crippen molar-refractivity contribution in [1.29, 1.82) is 0 Å². The van der Waals surface area contributed by atoms with Gasteiger partial charge in [0.2, 0.25) is 5.89 Å². The Kier molecular flexibility index (Phi) is 6.02. The second-order valence-corrected chi connectivity index (χ2v) is 5.88. The van der Waals surface area contributed by atoms with E-state index in [0.717, 1.165) is 0 Å². The highest BCUT2D eigenvalue weighted by molar-refractivity contribution is 6.38. The van der Waals surface area contributed by atoms with Gasteiger partial charge in [0.05, 0.1) is 5.02 Å². The van der Waals surface area contributed by atoms with Crippen molar-refractivity contribution >= 4 is 46.2 Å². The van der Waals surface area contributed by atoms with E-state index in [4.69, 9.17) is 43.2 Å². The quantitative estimate of drug-likeness (QED) is 0.483. The summed E-state index contributed by atoms with van der Waals surface area (Å²) in [5.41, 5.74) is 5.87. The molecule has 0 saturated heterocycles. The molecule has 4 N–H and O–H groups in total. The smallest absolute Gasteiger partial charge is 0.321 e. The van der Waals surface area contributed by atoms with Crippen LogP contribution >= 0.6 is 23.2 Å². The third kappa shape index (κ3) is 4.10. The maximum atomic E-state index is 12.1. The Morgan fingerprint density at radius 2 is 2.12 bits per heavy atom. The number of carboxylic acid groups (broad SMARTS) is 1. The average molecular weight is 389 g/mol. The largest absolute Gasteiger partial charge is 0.480 e. The van der Waals surface area contributed by atoms with Crippen LogP contribution in [0.4, 0.5) is 0 Å². The predicted molar refractivity (Wildman–Crippen MR) is 89.2 cm³/mol. The summed E-state index contributed by atoms with van der Waals surface area (Å²) in [6, 6.07) is 1.08. The number of fused-ring (bicyclic) bond motifs is 1. The highest BCUT2D eigenvalue weighted by Gasteiger charge is 2.41. The lowest BCUT2D eigenvalue weighted by atomic mass is 9.94. The predicted octanol–water partition coefficient (Wildman–Crippen LogP) is 1.93. The van der Waals surface area contributed by atoms with E-state index in [-0.39, 0.29) is 33.6 Å². The number of rotatable bonds is 7. The Morgan fingerprint density at radius 3 is 2.72 bits per heavy atom. The number of carbonyl (C=O) groups excluding carboxylic acids is 1. The lowest BCUT2D eigenvalue weighted by molar-refractivity contribution is -0.159. The molecule has 2 rings (SSSR count). The minimum atomic E-state index is -1.77. The molecule has 0 radical (unpaired) electrons. The van der Waals surface area contributed by atoms with Crippen molar-refractivity contribution in [1.82, 2.24) is 4.98 Å². The van der Waals surface area contributed by atoms with E-state index in [1.165, 1.54) is 18.2 Å². The van der Waals surface area contributed by atoms with Gasteiger partial charge in [0, 0.05) is 11.1 Å². The maximum absolute atomic E-state index is 12.1. The van der Waals surface area contributed by atoms with Crippen LogP contribution in [-0.4, -0.2) is 39.8 Å². The summed E-state index contributed by atoms with van der Waals surface area (Å²) in [4.78, 5) is 27.3. The van der Waals surface area contributed by atoms with Gasteiger partial charge >= 0.3 is 11.9 Å². The molecule has 0 aliphatic rings. The first kappa shape index (κ1) is 19.2. The number of halogens is 2. The van der Waals surface area contributed by atoms with Gasteiger partial charge < -0.3 is 25.1 Å². The summed E-state index contributed by atoms with van der Waals surface area (Å²) in [5, 5.41) is 20.0. The highest BCUT2D eigenvalue weighted by Crippen LogP contribution is 2.32. The molecule has 1 aromatic carbocycles. The average Bonchev–Trinajstić information content (AvgIpc) is 2.97. The van der Waals surface area contributed by atoms with Crippen LogP contribution in [0.15, 0.2) is 29.2 Å². The third-order valence-electron chi connectivity index (χ3n) is 3.31. The van der Waals surface area contributed by atoms with Crippen molar-refractivity contribution < 1.29 is 29.0 Å². The van der Waals surface area contributed by atoms with Gasteiger partial charge in [0.1, 0.15) is 30.2 Å². The van der Waals surface area contributed by atoms with E-state index in [0.29, 0.717) is 0 Å². The molecule has 0 fully saturated rings. The number of benzene rings is 1. The Hall–Kier alpha value is -2.13. The summed E-state index contributed by atoms with van der Waals surface area (Å²) in [5.74, 6) is -4.53. The number of hydrogen-bond acceptors (Lipinski definition) is 7. The molecule has 8 nitrogen and oxygen atoms in total. The van der Waals surface area contributed by atoms with E-state index in [1.807, 2.05) is 0 Å². The van der Waals surface area contributed by atoms with Gasteiger partial charge in [-0.15, -0.1) is 0 Å². The minimum absolute atomic E-state index is 0.161. The second-order valence-electron chi connectivity index (χ2n) is 5.04. The number of esters is 1. The summed E-state index contributed by atoms with van der Waals surface area (Å²) in [6.07, 6.45) is -0.486. The Balaban J connectivity index is 2.42. The van der Waals surface area contributed by atoms with Crippen molar-refractivity contribution in [2.24, 2.45) is 11.7 Å². The Labute approximate surface area is 151 Å². The van der Waals surface area contributed by atoms with Gasteiger partial charge in [0.25, 0.3) is 0 Å². The first-order valence-electron chi connectivity index (χ1n) is 6.95. The molecule has 1 aromatic heterocycles. The molecule has 1 heterocycles. The van der Waals surface area contributed by atoms with Gasteiger partial charge in [-0.25, -0.2) is 4.98 Å². The summed E-state index contributed by atoms with van der Waals surface area (Å²) < 4.78 is 10.2. The normalized spacial score (nSPS) is 14.7. The molecule has 0 aliphatic carbocycles. The van der Waals surface area contributed by atoms with Crippen molar-refractivity contribution in [2.45, 2.75) is 12.1 Å². The SMILES string of the molecule is C=CCOC(=O)[C@@H](C(N)C(=O)O)C(O)c1nc2c(Cl)cc(Cl)cc2o1. The number of carboxylic acids is 1. The molecule has 0 aliphatic heterocycles. The number of aliphatic hydroxyl groups is 1. The van der Waals surface area contributed by atoms with Crippen molar-refractivity contribution in [2.75, 3.05) is 6.61 Å². The summed E-state index contributed by atoms with van der Waals surface area (Å²) in [7, 11) is 0. The number of aromatic nitrogens is 1. The molecule has 3 atom stereocenters. The zero-order chi connectivity index (χ0) is 18.7. The number of oxazole rings is 1. The monoisotopic (exact) mass is 388 g/mol. The Bertz CT molecular complexity index is 822. The fourth-order valence-electron chi connectivity index (χ4n) is 2.12. The van der Waals surface area contributed by atoms with E-state index in [1.54, 1.807) is 0 Å². The molecule has 10 heteroatoms. The van der Waals surface area contributed by atoms with Crippen LogP contribution < -0.4 is 5.73 Å². The van der Waals surface area contributed by atoms with Gasteiger partial charge in [-0.3, -0.25) is 9.59 Å². The number of aliphatic carboxylic acids is 1. The first-order chi connectivity index (χ1) is 11.8. The van der Waals surface area contributed by atoms with Crippen molar-refractivity contribution in [3.05, 3.63) is 40.7 Å². The van der Waals surface area contributed by atoms with Crippen LogP contribution in [0.5, 0.6) is 0 Å². The van der Waals surface area contributed by atoms with Crippen LogP contribution in [0.2, 0.25) is 10.0 Å². The van der Waals surface area contributed by atoms with Gasteiger partial charge in [-0.05, 0) is 6.07 Å². The molecule has 25 heavy (non-hydrogen) atoms. The number of nitrogens with two attached hydrogens (primary N) is 1. The standard InChI is InChI=1S/C15H14Cl2N2O6/c1-2-3-24-15(23)9(10(18)14(21)22)12(20)13-19-11-7(17)4-6(16)5-8(11)25-13/h2,4-5,9-10,12,20H,1,3,18H2,(H,21,22)/t9-,10?,12?/m0/s1. The number of aliphatic hydroxyl groups excluding tert-OH is 1. The molecular formula is C15H14Cl2N2O6. The second kappa shape index (κ2) is 7.83. The number of ether oxygens (including phenoxy) is 1. The lowest BCUT2D eigenvalue weighted by Gasteiger charge is -2.22. The first-order valence-corrected chi connectivity index (χ1v) is 7.71. The van der Waals surface area contributed by atoms with E-state index < -0.39 is 30.0 Å². The molecule has 2 aromatic rings. The number of carbonyl (C=O) groups is 2. The molecule has 2 unspecified atom stereocenters. The third-order valence-corrected chi connectivity index (χ3v) is 3.82. The van der Waals surface area contributed by atoms with Gasteiger partial charge in [0.15, 0.2) is 5.58 Å². The van der Waals surface area contributed by atoms with Crippen LogP contribution in [0.1, 0.15) is 12.0 Å². The lowest BCUT2D eigenvalue weighted by Crippen LogP contribution is -2.45. The summed E-state index contributed by atoms with van der Waals surface area (Å²) >= 11 is 11.9. The summed E-state index contributed by atoms with van der Waals surface area (Å²) in [6.45, 7) is 3.20. The molecule has 0 spiro atoms. The molecule has 0 bridgehead atoms. The topological polar surface area (TPSA) is 136 Å². The minimum Gasteiger partial charge on any atom is -0.480 e. The fourth-order valence-corrected chi connectivity index (χ4v) is 2.63. The number of hydrogen-bond donors (Lipinski definition) is 3. The van der Waals surface area contributed by atoms with Crippen LogP contribution in [-0.2, 0) is 14.3 Å². The molecular weight excluding hydrogens is 375 g/mol. The van der Waals surface area contributed by atoms with E-state index in [9.17, 15) is 14.7 Å². The van der Waals surface area contributed by atoms with Crippen LogP contribution in [0.25, 0.3) is 11.1 Å². The van der Waals surface area contributed by atoms with Crippen molar-refractivity contribution in [3.8, 4) is 0 Å². The molecule has 0 amide bonds. The fraction of sp³-hybridized carbons (Fsp3) is 0.267. The zero-order valence-corrected chi connectivity index (χ0v) is 14.2. The molecule has 0 saturated carbocycles. The van der Waals surface area contributed by atoms with E-state index in [2.05, 4.69) is 11.6 Å². The van der Waals surface area contributed by atoms with Crippen molar-refractivity contribution in [3.63, 3.8) is 0 Å². The van der Waals surface area contributed by atoms with Gasteiger partial charge in [-0.1, -0.05) is 35.9 Å². The van der Waals surface area contributed by atoms with E-state index >= 15 is 0 Å². The van der Waals surface area contributed by atoms with Gasteiger partial charge in [-0.2, -0.15) is 0 Å². The Morgan fingerprint density at radius 1 is 1.44 bits per heavy atom. The van der Waals surface area contributed by atoms with Crippen LogP contribution in [0.3, 0.4) is 0 Å².